The summed E-state index contributed by atoms with van der Waals surface area (Å²) in [6.07, 6.45) is -3.36. The van der Waals surface area contributed by atoms with Gasteiger partial charge in [-0.15, -0.1) is 0 Å². The number of barbiturate groups is 1. The Labute approximate surface area is 159 Å². The van der Waals surface area contributed by atoms with Crippen LogP contribution in [0.4, 0.5) is 23.7 Å². The van der Waals surface area contributed by atoms with Gasteiger partial charge >= 0.3 is 12.2 Å². The summed E-state index contributed by atoms with van der Waals surface area (Å²) in [5, 5.41) is 2.05. The lowest BCUT2D eigenvalue weighted by atomic mass is 10.1. The summed E-state index contributed by atoms with van der Waals surface area (Å²) in [4.78, 5) is 37.5. The normalized spacial score (nSPS) is 16.7. The van der Waals surface area contributed by atoms with Crippen molar-refractivity contribution in [2.75, 3.05) is 4.90 Å². The monoisotopic (exact) mass is 438 g/mol. The number of anilines is 1. The zero-order valence-corrected chi connectivity index (χ0v) is 15.0. The number of alkyl halides is 3. The topological polar surface area (TPSA) is 66.5 Å². The van der Waals surface area contributed by atoms with Gasteiger partial charge in [0.25, 0.3) is 11.8 Å². The molecular weight excluding hydrogens is 429 g/mol. The first-order valence-electron chi connectivity index (χ1n) is 7.51. The van der Waals surface area contributed by atoms with Crippen molar-refractivity contribution in [2.24, 2.45) is 0 Å². The van der Waals surface area contributed by atoms with E-state index >= 15 is 0 Å². The highest BCUT2D eigenvalue weighted by atomic mass is 79.9. The van der Waals surface area contributed by atoms with Gasteiger partial charge in [-0.3, -0.25) is 14.9 Å². The van der Waals surface area contributed by atoms with Gasteiger partial charge in [0.05, 0.1) is 11.3 Å². The van der Waals surface area contributed by atoms with E-state index in [-0.39, 0.29) is 16.8 Å². The van der Waals surface area contributed by atoms with Crippen molar-refractivity contribution in [3.63, 3.8) is 0 Å². The second kappa shape index (κ2) is 6.99. The second-order valence-electron chi connectivity index (χ2n) is 5.55. The van der Waals surface area contributed by atoms with E-state index in [1.165, 1.54) is 12.1 Å². The minimum absolute atomic E-state index is 0.214. The highest BCUT2D eigenvalue weighted by molar-refractivity contribution is 9.10. The predicted molar refractivity (Wildman–Crippen MR) is 94.6 cm³/mol. The molecule has 0 aromatic heterocycles. The molecule has 27 heavy (non-hydrogen) atoms. The van der Waals surface area contributed by atoms with Gasteiger partial charge in [0.2, 0.25) is 0 Å². The fraction of sp³-hybridized carbons (Fsp3) is 0.0556. The Kier molecular flexibility index (Phi) is 4.88. The lowest BCUT2D eigenvalue weighted by Gasteiger charge is -2.26. The van der Waals surface area contributed by atoms with E-state index in [2.05, 4.69) is 15.9 Å². The van der Waals surface area contributed by atoms with Gasteiger partial charge < -0.3 is 0 Å². The van der Waals surface area contributed by atoms with E-state index in [4.69, 9.17) is 0 Å². The smallest absolute Gasteiger partial charge is 0.273 e. The van der Waals surface area contributed by atoms with E-state index in [0.717, 1.165) is 39.7 Å². The molecule has 0 spiro atoms. The molecule has 1 heterocycles. The van der Waals surface area contributed by atoms with Crippen molar-refractivity contribution in [1.82, 2.24) is 5.32 Å². The summed E-state index contributed by atoms with van der Waals surface area (Å²) >= 11 is 3.24. The van der Waals surface area contributed by atoms with Crippen LogP contribution in [0, 0.1) is 0 Å². The Morgan fingerprint density at radius 2 is 1.52 bits per heavy atom. The van der Waals surface area contributed by atoms with Crippen LogP contribution >= 0.6 is 15.9 Å². The number of benzene rings is 2. The highest BCUT2D eigenvalue weighted by Gasteiger charge is 2.37. The number of carbonyl (C=O) groups excluding carboxylic acids is 3. The molecule has 0 saturated carbocycles. The number of urea groups is 1. The van der Waals surface area contributed by atoms with E-state index in [9.17, 15) is 27.6 Å². The third-order valence-electron chi connectivity index (χ3n) is 3.74. The van der Waals surface area contributed by atoms with Crippen LogP contribution in [0.5, 0.6) is 0 Å². The number of nitrogens with one attached hydrogen (secondary N) is 1. The average molecular weight is 439 g/mol. The molecule has 2 aromatic rings. The van der Waals surface area contributed by atoms with Crippen LogP contribution in [0.2, 0.25) is 0 Å². The van der Waals surface area contributed by atoms with Crippen LogP contribution in [0.1, 0.15) is 11.1 Å². The summed E-state index contributed by atoms with van der Waals surface area (Å²) < 4.78 is 38.6. The van der Waals surface area contributed by atoms with Crippen LogP contribution in [0.3, 0.4) is 0 Å². The minimum atomic E-state index is -4.49. The van der Waals surface area contributed by atoms with Crippen molar-refractivity contribution in [3.05, 3.63) is 69.7 Å². The molecule has 0 radical (unpaired) electrons. The minimum Gasteiger partial charge on any atom is -0.273 e. The Hall–Kier alpha value is -2.94. The highest BCUT2D eigenvalue weighted by Crippen LogP contribution is 2.30. The Morgan fingerprint density at radius 3 is 2.07 bits per heavy atom. The molecule has 1 aliphatic heterocycles. The molecule has 138 valence electrons. The van der Waals surface area contributed by atoms with Crippen molar-refractivity contribution in [1.29, 1.82) is 0 Å². The van der Waals surface area contributed by atoms with E-state index in [1.54, 1.807) is 12.1 Å². The van der Waals surface area contributed by atoms with Crippen LogP contribution in [-0.4, -0.2) is 17.8 Å². The summed E-state index contributed by atoms with van der Waals surface area (Å²) in [6, 6.07) is 9.30. The standard InChI is InChI=1S/C18H10BrF3N2O3/c19-12-5-7-13(8-6-12)24-16(26)14(15(25)23-17(24)27)9-10-1-3-11(4-2-10)18(20,21)22/h1-9H,(H,23,25,27)/b14-9+. The summed E-state index contributed by atoms with van der Waals surface area (Å²) in [6.45, 7) is 0. The van der Waals surface area contributed by atoms with Crippen molar-refractivity contribution in [3.8, 4) is 0 Å². The van der Waals surface area contributed by atoms with Crippen molar-refractivity contribution in [2.45, 2.75) is 6.18 Å². The number of nitrogens with zero attached hydrogens (tertiary/aromatic N) is 1. The van der Waals surface area contributed by atoms with Gasteiger partial charge in [0.1, 0.15) is 5.57 Å². The second-order valence-corrected chi connectivity index (χ2v) is 6.47. The van der Waals surface area contributed by atoms with Crippen LogP contribution < -0.4 is 10.2 Å². The average Bonchev–Trinajstić information content (AvgIpc) is 2.60. The van der Waals surface area contributed by atoms with Gasteiger partial charge in [0, 0.05) is 4.47 Å². The summed E-state index contributed by atoms with van der Waals surface area (Å²) in [5.74, 6) is -1.79. The van der Waals surface area contributed by atoms with Crippen LogP contribution in [0.25, 0.3) is 6.08 Å². The fourth-order valence-corrected chi connectivity index (χ4v) is 2.68. The number of hydrogen-bond donors (Lipinski definition) is 1. The number of rotatable bonds is 2. The SMILES string of the molecule is O=C1NC(=O)N(c2ccc(Br)cc2)C(=O)/C1=C/c1ccc(C(F)(F)F)cc1. The third-order valence-corrected chi connectivity index (χ3v) is 4.26. The molecule has 9 heteroatoms. The van der Waals surface area contributed by atoms with Gasteiger partial charge in [-0.2, -0.15) is 13.2 Å². The number of carbonyl (C=O) groups is 3. The first kappa shape index (κ1) is 18.8. The first-order valence-corrected chi connectivity index (χ1v) is 8.30. The molecule has 0 aliphatic carbocycles. The maximum Gasteiger partial charge on any atom is 0.416 e. The fourth-order valence-electron chi connectivity index (χ4n) is 2.42. The van der Waals surface area contributed by atoms with E-state index in [0.29, 0.717) is 0 Å². The number of imide groups is 2. The zero-order chi connectivity index (χ0) is 19.8. The predicted octanol–water partition coefficient (Wildman–Crippen LogP) is 4.13. The van der Waals surface area contributed by atoms with Gasteiger partial charge in [-0.05, 0) is 48.0 Å². The third kappa shape index (κ3) is 3.92. The summed E-state index contributed by atoms with van der Waals surface area (Å²) in [5.41, 5.74) is -0.758. The molecule has 0 atom stereocenters. The number of amides is 4. The Balaban J connectivity index is 1.95. The molecule has 1 saturated heterocycles. The molecular formula is C18H10BrF3N2O3. The quantitative estimate of drug-likeness (QED) is 0.566. The number of halogens is 4. The Bertz CT molecular complexity index is 951. The Morgan fingerprint density at radius 1 is 0.926 bits per heavy atom. The van der Waals surface area contributed by atoms with Gasteiger partial charge in [0.15, 0.2) is 0 Å². The van der Waals surface area contributed by atoms with Gasteiger partial charge in [-0.25, -0.2) is 9.69 Å². The molecule has 0 bridgehead atoms. The zero-order valence-electron chi connectivity index (χ0n) is 13.4. The lowest BCUT2D eigenvalue weighted by Crippen LogP contribution is -2.54. The van der Waals surface area contributed by atoms with E-state index < -0.39 is 29.6 Å². The molecule has 2 aromatic carbocycles. The lowest BCUT2D eigenvalue weighted by molar-refractivity contribution is -0.137. The molecule has 5 nitrogen and oxygen atoms in total. The molecule has 4 amide bonds. The van der Waals surface area contributed by atoms with Crippen LogP contribution in [-0.2, 0) is 15.8 Å². The largest absolute Gasteiger partial charge is 0.416 e. The van der Waals surface area contributed by atoms with E-state index in [1.807, 2.05) is 5.32 Å². The summed E-state index contributed by atoms with van der Waals surface area (Å²) in [7, 11) is 0. The molecule has 0 unspecified atom stereocenters. The molecule has 1 aliphatic rings. The molecule has 1 N–H and O–H groups in total. The first-order chi connectivity index (χ1) is 12.7. The van der Waals surface area contributed by atoms with Crippen molar-refractivity contribution >= 4 is 45.5 Å². The van der Waals surface area contributed by atoms with Crippen LogP contribution in [0.15, 0.2) is 58.6 Å². The maximum atomic E-state index is 12.6. The molecule has 1 fully saturated rings. The maximum absolute atomic E-state index is 12.6. The number of hydrogen-bond acceptors (Lipinski definition) is 3. The van der Waals surface area contributed by atoms with Gasteiger partial charge in [-0.1, -0.05) is 28.1 Å². The van der Waals surface area contributed by atoms with Crippen molar-refractivity contribution < 1.29 is 27.6 Å². The molecule has 3 rings (SSSR count).